The normalized spacial score (nSPS) is 11.7. The van der Waals surface area contributed by atoms with Crippen molar-refractivity contribution in [2.75, 3.05) is 5.32 Å². The summed E-state index contributed by atoms with van der Waals surface area (Å²) in [5.74, 6) is -0.177. The van der Waals surface area contributed by atoms with Crippen LogP contribution in [-0.2, 0) is 10.2 Å². The van der Waals surface area contributed by atoms with Crippen molar-refractivity contribution in [3.05, 3.63) is 69.2 Å². The molecule has 0 spiro atoms. The molecule has 1 N–H and O–H groups in total. The van der Waals surface area contributed by atoms with Crippen LogP contribution in [0.5, 0.6) is 0 Å². The van der Waals surface area contributed by atoms with Crippen LogP contribution >= 0.6 is 27.5 Å². The quantitative estimate of drug-likeness (QED) is 0.633. The van der Waals surface area contributed by atoms with Crippen LogP contribution in [0.1, 0.15) is 31.9 Å². The summed E-state index contributed by atoms with van der Waals surface area (Å²) in [6.45, 7) is 6.46. The van der Waals surface area contributed by atoms with Crippen LogP contribution < -0.4 is 5.32 Å². The second-order valence-corrected chi connectivity index (χ2v) is 7.61. The van der Waals surface area contributed by atoms with Gasteiger partial charge in [0.1, 0.15) is 0 Å². The Labute approximate surface area is 150 Å². The molecular formula is C19H19BrClNO. The molecule has 0 aromatic heterocycles. The first-order valence-corrected chi connectivity index (χ1v) is 8.47. The zero-order valence-corrected chi connectivity index (χ0v) is 15.7. The van der Waals surface area contributed by atoms with Gasteiger partial charge in [-0.1, -0.05) is 50.6 Å². The largest absolute Gasteiger partial charge is 0.321 e. The van der Waals surface area contributed by atoms with Gasteiger partial charge in [0.15, 0.2) is 0 Å². The van der Waals surface area contributed by atoms with Crippen molar-refractivity contribution in [1.82, 2.24) is 0 Å². The molecule has 0 fully saturated rings. The number of nitrogens with one attached hydrogen (secondary N) is 1. The number of amides is 1. The Bertz CT molecular complexity index is 730. The van der Waals surface area contributed by atoms with Gasteiger partial charge in [0.2, 0.25) is 5.91 Å². The zero-order chi connectivity index (χ0) is 17.0. The summed E-state index contributed by atoms with van der Waals surface area (Å²) < 4.78 is 0.873. The van der Waals surface area contributed by atoms with Crippen molar-refractivity contribution >= 4 is 45.2 Å². The van der Waals surface area contributed by atoms with E-state index in [-0.39, 0.29) is 11.3 Å². The topological polar surface area (TPSA) is 29.1 Å². The van der Waals surface area contributed by atoms with Gasteiger partial charge in [-0.25, -0.2) is 0 Å². The molecular weight excluding hydrogens is 374 g/mol. The van der Waals surface area contributed by atoms with Crippen LogP contribution in [0.4, 0.5) is 5.69 Å². The molecule has 120 valence electrons. The maximum Gasteiger partial charge on any atom is 0.248 e. The van der Waals surface area contributed by atoms with Crippen LogP contribution in [-0.4, -0.2) is 5.91 Å². The second-order valence-electron chi connectivity index (χ2n) is 6.32. The molecule has 0 atom stereocenters. The maximum atomic E-state index is 12.0. The highest BCUT2D eigenvalue weighted by Crippen LogP contribution is 2.30. The van der Waals surface area contributed by atoms with Crippen molar-refractivity contribution < 1.29 is 4.79 Å². The molecule has 0 bridgehead atoms. The fourth-order valence-electron chi connectivity index (χ4n) is 2.00. The van der Waals surface area contributed by atoms with E-state index in [0.717, 1.165) is 15.7 Å². The van der Waals surface area contributed by atoms with E-state index >= 15 is 0 Å². The van der Waals surface area contributed by atoms with Gasteiger partial charge in [0, 0.05) is 15.6 Å². The van der Waals surface area contributed by atoms with E-state index < -0.39 is 0 Å². The SMILES string of the molecule is CC(C)(C)c1ccc(NC(=O)/C=C/c2ccc(Cl)cc2)c(Br)c1. The summed E-state index contributed by atoms with van der Waals surface area (Å²) >= 11 is 9.35. The summed E-state index contributed by atoms with van der Waals surface area (Å²) in [6.07, 6.45) is 3.26. The number of halogens is 2. The number of hydrogen-bond donors (Lipinski definition) is 1. The van der Waals surface area contributed by atoms with Gasteiger partial charge in [-0.3, -0.25) is 4.79 Å². The molecule has 4 heteroatoms. The Morgan fingerprint density at radius 2 is 1.78 bits per heavy atom. The van der Waals surface area contributed by atoms with E-state index in [1.54, 1.807) is 18.2 Å². The Balaban J connectivity index is 2.07. The number of anilines is 1. The van der Waals surface area contributed by atoms with Gasteiger partial charge < -0.3 is 5.32 Å². The smallest absolute Gasteiger partial charge is 0.248 e. The van der Waals surface area contributed by atoms with Gasteiger partial charge in [0.25, 0.3) is 0 Å². The van der Waals surface area contributed by atoms with Crippen molar-refractivity contribution in [1.29, 1.82) is 0 Å². The average Bonchev–Trinajstić information content (AvgIpc) is 2.48. The van der Waals surface area contributed by atoms with Crippen molar-refractivity contribution in [2.24, 2.45) is 0 Å². The average molecular weight is 393 g/mol. The van der Waals surface area contributed by atoms with Crippen molar-refractivity contribution in [2.45, 2.75) is 26.2 Å². The summed E-state index contributed by atoms with van der Waals surface area (Å²) in [4.78, 5) is 12.0. The van der Waals surface area contributed by atoms with Crippen molar-refractivity contribution in [3.8, 4) is 0 Å². The van der Waals surface area contributed by atoms with Crippen LogP contribution in [0.25, 0.3) is 6.08 Å². The molecule has 1 amide bonds. The van der Waals surface area contributed by atoms with Crippen LogP contribution in [0, 0.1) is 0 Å². The van der Waals surface area contributed by atoms with E-state index in [1.165, 1.54) is 11.6 Å². The highest BCUT2D eigenvalue weighted by molar-refractivity contribution is 9.10. The number of carbonyl (C=O) groups excluding carboxylic acids is 1. The van der Waals surface area contributed by atoms with Gasteiger partial charge >= 0.3 is 0 Å². The second kappa shape index (κ2) is 7.33. The van der Waals surface area contributed by atoms with Crippen LogP contribution in [0.3, 0.4) is 0 Å². The first-order valence-electron chi connectivity index (χ1n) is 7.30. The first kappa shape index (κ1) is 17.8. The molecule has 2 nitrogen and oxygen atoms in total. The molecule has 0 aliphatic rings. The predicted octanol–water partition coefficient (Wildman–Crippen LogP) is 6.05. The van der Waals surface area contributed by atoms with E-state index in [9.17, 15) is 4.79 Å². The Kier molecular flexibility index (Phi) is 5.66. The minimum absolute atomic E-state index is 0.0690. The van der Waals surface area contributed by atoms with Gasteiger partial charge in [0.05, 0.1) is 5.69 Å². The van der Waals surface area contributed by atoms with Gasteiger partial charge in [-0.2, -0.15) is 0 Å². The lowest BCUT2D eigenvalue weighted by molar-refractivity contribution is -0.111. The van der Waals surface area contributed by atoms with Crippen molar-refractivity contribution in [3.63, 3.8) is 0 Å². The third-order valence-corrected chi connectivity index (χ3v) is 4.30. The summed E-state index contributed by atoms with van der Waals surface area (Å²) in [5, 5.41) is 3.55. The lowest BCUT2D eigenvalue weighted by Crippen LogP contribution is -2.12. The molecule has 2 aromatic rings. The maximum absolute atomic E-state index is 12.0. The van der Waals surface area contributed by atoms with Crippen LogP contribution in [0.2, 0.25) is 5.02 Å². The Morgan fingerprint density at radius 3 is 2.35 bits per heavy atom. The number of benzene rings is 2. The molecule has 23 heavy (non-hydrogen) atoms. The predicted molar refractivity (Wildman–Crippen MR) is 102 cm³/mol. The zero-order valence-electron chi connectivity index (χ0n) is 13.4. The molecule has 0 saturated heterocycles. The lowest BCUT2D eigenvalue weighted by atomic mass is 9.87. The molecule has 0 aliphatic heterocycles. The van der Waals surface area contributed by atoms with E-state index in [0.29, 0.717) is 5.02 Å². The third-order valence-electron chi connectivity index (χ3n) is 3.39. The van der Waals surface area contributed by atoms with Gasteiger partial charge in [-0.15, -0.1) is 0 Å². The third kappa shape index (κ3) is 5.22. The molecule has 2 rings (SSSR count). The molecule has 0 unspecified atom stereocenters. The highest BCUT2D eigenvalue weighted by atomic mass is 79.9. The monoisotopic (exact) mass is 391 g/mol. The van der Waals surface area contributed by atoms with E-state index in [4.69, 9.17) is 11.6 Å². The standard InChI is InChI=1S/C19H19BrClNO/c1-19(2,3)14-7-10-17(16(20)12-14)22-18(23)11-6-13-4-8-15(21)9-5-13/h4-12H,1-3H3,(H,22,23)/b11-6+. The number of hydrogen-bond acceptors (Lipinski definition) is 1. The molecule has 0 heterocycles. The fourth-order valence-corrected chi connectivity index (χ4v) is 2.61. The summed E-state index contributed by atoms with van der Waals surface area (Å²) in [7, 11) is 0. The molecule has 0 radical (unpaired) electrons. The first-order chi connectivity index (χ1) is 10.8. The Hall–Kier alpha value is -1.58. The number of carbonyl (C=O) groups is 1. The lowest BCUT2D eigenvalue weighted by Gasteiger charge is -2.20. The molecule has 2 aromatic carbocycles. The minimum atomic E-state index is -0.177. The molecule has 0 saturated carbocycles. The molecule has 0 aliphatic carbocycles. The summed E-state index contributed by atoms with van der Waals surface area (Å²) in [6, 6.07) is 13.3. The van der Waals surface area contributed by atoms with Gasteiger partial charge in [-0.05, 0) is 62.8 Å². The van der Waals surface area contributed by atoms with E-state index in [2.05, 4.69) is 42.0 Å². The fraction of sp³-hybridized carbons (Fsp3) is 0.211. The summed E-state index contributed by atoms with van der Waals surface area (Å²) in [5.41, 5.74) is 2.95. The number of rotatable bonds is 3. The van der Waals surface area contributed by atoms with E-state index in [1.807, 2.05) is 30.3 Å². The Morgan fingerprint density at radius 1 is 1.13 bits per heavy atom. The van der Waals surface area contributed by atoms with Crippen LogP contribution in [0.15, 0.2) is 53.0 Å². The minimum Gasteiger partial charge on any atom is -0.321 e. The highest BCUT2D eigenvalue weighted by Gasteiger charge is 2.15.